The number of hydrogen-bond donors (Lipinski definition) is 0. The number of thiophene rings is 1. The van der Waals surface area contributed by atoms with E-state index in [1.807, 2.05) is 11.3 Å². The molecule has 4 bridgehead atoms. The van der Waals surface area contributed by atoms with Crippen LogP contribution in [0.25, 0.3) is 20.5 Å². The zero-order chi connectivity index (χ0) is 23.0. The standard InChI is InChI=1S/C29H33BrO2S/c1-18-9-21(26-24(30)20-7-5-6-8-23(20)33-26)25(32-17-31-4)22(10-18)29-13-19-11-27(2,15-29)14-28(3,12-19)16-29/h5-10,19H,11-17H2,1-4H3. The molecule has 1 heterocycles. The van der Waals surface area contributed by atoms with E-state index in [-0.39, 0.29) is 12.2 Å². The highest BCUT2D eigenvalue weighted by Gasteiger charge is 2.61. The minimum Gasteiger partial charge on any atom is -0.467 e. The van der Waals surface area contributed by atoms with E-state index in [2.05, 4.69) is 73.1 Å². The Kier molecular flexibility index (Phi) is 5.07. The van der Waals surface area contributed by atoms with Gasteiger partial charge in [-0.1, -0.05) is 38.1 Å². The monoisotopic (exact) mass is 524 g/mol. The van der Waals surface area contributed by atoms with Crippen molar-refractivity contribution in [2.75, 3.05) is 13.9 Å². The van der Waals surface area contributed by atoms with Crippen molar-refractivity contribution in [2.24, 2.45) is 16.7 Å². The second-order valence-electron chi connectivity index (χ2n) is 11.9. The summed E-state index contributed by atoms with van der Waals surface area (Å²) in [6.07, 6.45) is 8.06. The molecule has 4 aliphatic rings. The normalized spacial score (nSPS) is 32.6. The molecule has 4 fully saturated rings. The Bertz CT molecular complexity index is 1230. The largest absolute Gasteiger partial charge is 0.467 e. The van der Waals surface area contributed by atoms with E-state index in [0.29, 0.717) is 10.8 Å². The van der Waals surface area contributed by atoms with Crippen molar-refractivity contribution in [3.05, 3.63) is 52.0 Å². The molecule has 4 saturated carbocycles. The molecule has 2 unspecified atom stereocenters. The number of fused-ring (bicyclic) bond motifs is 1. The highest BCUT2D eigenvalue weighted by atomic mass is 79.9. The third-order valence-electron chi connectivity index (χ3n) is 8.53. The molecule has 2 aromatic carbocycles. The van der Waals surface area contributed by atoms with Crippen molar-refractivity contribution in [2.45, 2.75) is 64.7 Å². The first-order valence-electron chi connectivity index (χ1n) is 12.2. The summed E-state index contributed by atoms with van der Waals surface area (Å²) in [5.74, 6) is 1.88. The van der Waals surface area contributed by atoms with Gasteiger partial charge in [0.1, 0.15) is 5.75 Å². The molecule has 174 valence electrons. The summed E-state index contributed by atoms with van der Waals surface area (Å²) in [5, 5.41) is 1.27. The molecule has 7 rings (SSSR count). The van der Waals surface area contributed by atoms with Crippen molar-refractivity contribution < 1.29 is 9.47 Å². The van der Waals surface area contributed by atoms with Gasteiger partial charge in [0.25, 0.3) is 0 Å². The van der Waals surface area contributed by atoms with Gasteiger partial charge in [-0.2, -0.15) is 0 Å². The fourth-order valence-electron chi connectivity index (χ4n) is 8.54. The lowest BCUT2D eigenvalue weighted by atomic mass is 9.39. The lowest BCUT2D eigenvalue weighted by Crippen LogP contribution is -2.56. The number of rotatable bonds is 5. The van der Waals surface area contributed by atoms with Crippen molar-refractivity contribution >= 4 is 37.4 Å². The van der Waals surface area contributed by atoms with Gasteiger partial charge in [-0.15, -0.1) is 11.3 Å². The Hall–Kier alpha value is -1.36. The van der Waals surface area contributed by atoms with Gasteiger partial charge in [0.15, 0.2) is 6.79 Å². The van der Waals surface area contributed by atoms with E-state index >= 15 is 0 Å². The maximum atomic E-state index is 6.50. The highest BCUT2D eigenvalue weighted by Crippen LogP contribution is 2.71. The van der Waals surface area contributed by atoms with E-state index in [1.165, 1.54) is 74.7 Å². The predicted octanol–water partition coefficient (Wildman–Crippen LogP) is 8.87. The van der Waals surface area contributed by atoms with Gasteiger partial charge in [0, 0.05) is 38.2 Å². The van der Waals surface area contributed by atoms with Crippen molar-refractivity contribution in [3.63, 3.8) is 0 Å². The van der Waals surface area contributed by atoms with Crippen LogP contribution >= 0.6 is 27.3 Å². The van der Waals surface area contributed by atoms with Gasteiger partial charge >= 0.3 is 0 Å². The Morgan fingerprint density at radius 1 is 1.03 bits per heavy atom. The fraction of sp³-hybridized carbons (Fsp3) is 0.517. The second-order valence-corrected chi connectivity index (χ2v) is 13.7. The van der Waals surface area contributed by atoms with E-state index in [0.717, 1.165) is 11.7 Å². The van der Waals surface area contributed by atoms with Gasteiger partial charge in [-0.05, 0) is 95.8 Å². The molecular weight excluding hydrogens is 492 g/mol. The molecule has 3 aromatic rings. The Morgan fingerprint density at radius 2 is 1.76 bits per heavy atom. The zero-order valence-corrected chi connectivity index (χ0v) is 22.5. The van der Waals surface area contributed by atoms with Crippen LogP contribution in [0.15, 0.2) is 40.9 Å². The summed E-state index contributed by atoms with van der Waals surface area (Å²) in [6, 6.07) is 13.4. The lowest BCUT2D eigenvalue weighted by Gasteiger charge is -2.65. The van der Waals surface area contributed by atoms with Crippen LogP contribution < -0.4 is 4.74 Å². The smallest absolute Gasteiger partial charge is 0.188 e. The first kappa shape index (κ1) is 22.1. The van der Waals surface area contributed by atoms with Crippen molar-refractivity contribution in [1.82, 2.24) is 0 Å². The minimum atomic E-state index is 0.204. The maximum Gasteiger partial charge on any atom is 0.188 e. The maximum absolute atomic E-state index is 6.50. The van der Waals surface area contributed by atoms with Crippen LogP contribution in [0.1, 0.15) is 63.5 Å². The molecule has 2 nitrogen and oxygen atoms in total. The number of aryl methyl sites for hydroxylation is 1. The molecule has 0 spiro atoms. The van der Waals surface area contributed by atoms with Crippen molar-refractivity contribution in [1.29, 1.82) is 0 Å². The predicted molar refractivity (Wildman–Crippen MR) is 141 cm³/mol. The van der Waals surface area contributed by atoms with Gasteiger partial charge in [-0.3, -0.25) is 0 Å². The van der Waals surface area contributed by atoms with Crippen LogP contribution in [0.3, 0.4) is 0 Å². The molecule has 4 heteroatoms. The minimum absolute atomic E-state index is 0.204. The summed E-state index contributed by atoms with van der Waals surface area (Å²) in [4.78, 5) is 1.26. The van der Waals surface area contributed by atoms with Crippen LogP contribution in [-0.2, 0) is 10.2 Å². The average molecular weight is 526 g/mol. The van der Waals surface area contributed by atoms with Gasteiger partial charge in [0.05, 0.1) is 4.88 Å². The van der Waals surface area contributed by atoms with Gasteiger partial charge in [-0.25, -0.2) is 0 Å². The van der Waals surface area contributed by atoms with Crippen LogP contribution in [0, 0.1) is 23.7 Å². The molecule has 2 atom stereocenters. The van der Waals surface area contributed by atoms with Gasteiger partial charge < -0.3 is 9.47 Å². The van der Waals surface area contributed by atoms with Crippen LogP contribution in [-0.4, -0.2) is 13.9 Å². The number of halogens is 1. The fourth-order valence-corrected chi connectivity index (χ4v) is 10.6. The summed E-state index contributed by atoms with van der Waals surface area (Å²) in [5.41, 5.74) is 5.07. The Balaban J connectivity index is 1.58. The van der Waals surface area contributed by atoms with Crippen molar-refractivity contribution in [3.8, 4) is 16.2 Å². The van der Waals surface area contributed by atoms with Crippen LogP contribution in [0.2, 0.25) is 0 Å². The topological polar surface area (TPSA) is 18.5 Å². The lowest BCUT2D eigenvalue weighted by molar-refractivity contribution is -0.110. The Labute approximate surface area is 209 Å². The molecule has 0 radical (unpaired) electrons. The number of ether oxygens (including phenoxy) is 2. The Morgan fingerprint density at radius 3 is 2.42 bits per heavy atom. The third-order valence-corrected chi connectivity index (χ3v) is 10.8. The van der Waals surface area contributed by atoms with E-state index in [1.54, 1.807) is 7.11 Å². The zero-order valence-electron chi connectivity index (χ0n) is 20.1. The van der Waals surface area contributed by atoms with Crippen LogP contribution in [0.5, 0.6) is 5.75 Å². The third kappa shape index (κ3) is 3.51. The van der Waals surface area contributed by atoms with Gasteiger partial charge in [0.2, 0.25) is 0 Å². The SMILES string of the molecule is COCOc1c(-c2sc3ccccc3c2Br)cc(C)cc1C12CC3CC(C)(CC(C)(C3)C1)C2. The number of hydrogen-bond acceptors (Lipinski definition) is 3. The molecule has 33 heavy (non-hydrogen) atoms. The summed E-state index contributed by atoms with van der Waals surface area (Å²) in [6.45, 7) is 7.64. The summed E-state index contributed by atoms with van der Waals surface area (Å²) in [7, 11) is 1.72. The van der Waals surface area contributed by atoms with E-state index in [4.69, 9.17) is 9.47 Å². The first-order chi connectivity index (χ1) is 15.7. The number of methoxy groups -OCH3 is 1. The van der Waals surface area contributed by atoms with E-state index < -0.39 is 0 Å². The molecule has 0 aliphatic heterocycles. The molecule has 0 amide bonds. The second kappa shape index (κ2) is 7.57. The molecule has 4 aliphatic carbocycles. The summed E-state index contributed by atoms with van der Waals surface area (Å²) < 4.78 is 14.4. The summed E-state index contributed by atoms with van der Waals surface area (Å²) >= 11 is 5.79. The first-order valence-corrected chi connectivity index (χ1v) is 13.8. The average Bonchev–Trinajstić information content (AvgIpc) is 3.06. The molecule has 1 aromatic heterocycles. The van der Waals surface area contributed by atoms with E-state index in [9.17, 15) is 0 Å². The molecule has 0 saturated heterocycles. The quantitative estimate of drug-likeness (QED) is 0.310. The van der Waals surface area contributed by atoms with Crippen LogP contribution in [0.4, 0.5) is 0 Å². The molecular formula is C29H33BrO2S. The highest BCUT2D eigenvalue weighted by molar-refractivity contribution is 9.10. The number of benzene rings is 2. The molecule has 0 N–H and O–H groups in total.